The maximum atomic E-state index is 5.74. The van der Waals surface area contributed by atoms with Crippen LogP contribution in [0.15, 0.2) is 24.3 Å². The summed E-state index contributed by atoms with van der Waals surface area (Å²) in [4.78, 5) is 19.7. The average Bonchev–Trinajstić information content (AvgIpc) is 3.46. The number of hydrogen-bond donors (Lipinski definition) is 0. The Morgan fingerprint density at radius 2 is 1.88 bits per heavy atom. The number of nitrogens with zero attached hydrogens (tertiary/aromatic N) is 6. The molecule has 0 radical (unpaired) electrons. The molecule has 9 heteroatoms. The largest absolute Gasteiger partial charge is 0.496 e. The summed E-state index contributed by atoms with van der Waals surface area (Å²) in [5, 5.41) is 0. The Morgan fingerprint density at radius 1 is 1.09 bits per heavy atom. The van der Waals surface area contributed by atoms with E-state index in [4.69, 9.17) is 24.4 Å². The summed E-state index contributed by atoms with van der Waals surface area (Å²) in [6, 6.07) is 8.24. The van der Waals surface area contributed by atoms with Crippen molar-refractivity contribution in [3.05, 3.63) is 30.1 Å². The van der Waals surface area contributed by atoms with Crippen molar-refractivity contribution in [1.82, 2.24) is 24.4 Å². The molecule has 5 rings (SSSR count). The van der Waals surface area contributed by atoms with Crippen molar-refractivity contribution < 1.29 is 9.47 Å². The highest BCUT2D eigenvalue weighted by Crippen LogP contribution is 2.37. The van der Waals surface area contributed by atoms with E-state index < -0.39 is 0 Å². The van der Waals surface area contributed by atoms with Gasteiger partial charge in [-0.3, -0.25) is 0 Å². The van der Waals surface area contributed by atoms with Gasteiger partial charge in [0.15, 0.2) is 17.0 Å². The lowest BCUT2D eigenvalue weighted by molar-refractivity contribution is 0.187. The number of fused-ring (bicyclic) bond motifs is 1. The standard InChI is InChI=1S/C23H30N6O2.ClH/c1-4-27-10-12-28(13-11-27)22-20-23(25-16(2)24-22)29(17-9-14-31-15-17)21(26-20)18-7-5-6-8-19(18)30-3;/h5-8,17H,4,9-15H2,1-3H3;1H. The SMILES string of the molecule is CCN1CCN(c2nc(C)nc3c2nc(-c2ccccc2OC)n3C2CCOC2)CC1.Cl. The second kappa shape index (κ2) is 9.60. The van der Waals surface area contributed by atoms with Crippen molar-refractivity contribution in [2.24, 2.45) is 0 Å². The number of rotatable bonds is 5. The van der Waals surface area contributed by atoms with Gasteiger partial charge < -0.3 is 23.8 Å². The Hall–Kier alpha value is -2.42. The van der Waals surface area contributed by atoms with Gasteiger partial charge in [0.05, 0.1) is 25.3 Å². The van der Waals surface area contributed by atoms with Crippen molar-refractivity contribution >= 4 is 29.4 Å². The molecule has 2 aliphatic rings. The first-order chi connectivity index (χ1) is 15.2. The number of piperazine rings is 1. The van der Waals surface area contributed by atoms with Crippen LogP contribution in [0.5, 0.6) is 5.75 Å². The molecule has 1 atom stereocenters. The minimum atomic E-state index is 0. The molecule has 0 amide bonds. The Bertz CT molecular complexity index is 1070. The molecule has 0 spiro atoms. The van der Waals surface area contributed by atoms with Crippen LogP contribution in [-0.2, 0) is 4.74 Å². The summed E-state index contributed by atoms with van der Waals surface area (Å²) in [6.45, 7) is 10.7. The van der Waals surface area contributed by atoms with Crippen LogP contribution in [0.25, 0.3) is 22.6 Å². The predicted molar refractivity (Wildman–Crippen MR) is 128 cm³/mol. The van der Waals surface area contributed by atoms with E-state index in [2.05, 4.69) is 27.4 Å². The maximum absolute atomic E-state index is 5.74. The highest BCUT2D eigenvalue weighted by molar-refractivity contribution is 5.88. The fourth-order valence-corrected chi connectivity index (χ4v) is 4.65. The molecule has 2 saturated heterocycles. The van der Waals surface area contributed by atoms with Crippen LogP contribution in [0.2, 0.25) is 0 Å². The first-order valence-corrected chi connectivity index (χ1v) is 11.1. The highest BCUT2D eigenvalue weighted by atomic mass is 35.5. The molecular formula is C23H31ClN6O2. The number of imidazole rings is 1. The number of aryl methyl sites for hydroxylation is 1. The van der Waals surface area contributed by atoms with Gasteiger partial charge in [-0.15, -0.1) is 12.4 Å². The molecule has 2 aliphatic heterocycles. The van der Waals surface area contributed by atoms with E-state index in [1.165, 1.54) is 0 Å². The molecule has 0 aliphatic carbocycles. The van der Waals surface area contributed by atoms with Crippen LogP contribution in [0.3, 0.4) is 0 Å². The first-order valence-electron chi connectivity index (χ1n) is 11.1. The van der Waals surface area contributed by atoms with Crippen LogP contribution < -0.4 is 9.64 Å². The third-order valence-electron chi connectivity index (χ3n) is 6.37. The third-order valence-corrected chi connectivity index (χ3v) is 6.37. The number of likely N-dealkylation sites (N-methyl/N-ethyl adjacent to an activating group) is 1. The lowest BCUT2D eigenvalue weighted by Gasteiger charge is -2.34. The minimum absolute atomic E-state index is 0. The lowest BCUT2D eigenvalue weighted by atomic mass is 10.1. The quantitative estimate of drug-likeness (QED) is 0.580. The Labute approximate surface area is 195 Å². The summed E-state index contributed by atoms with van der Waals surface area (Å²) in [6.07, 6.45) is 0.946. The third kappa shape index (κ3) is 4.02. The number of anilines is 1. The smallest absolute Gasteiger partial charge is 0.166 e. The van der Waals surface area contributed by atoms with Crippen LogP contribution in [0, 0.1) is 6.92 Å². The predicted octanol–water partition coefficient (Wildman–Crippen LogP) is 3.34. The maximum Gasteiger partial charge on any atom is 0.166 e. The summed E-state index contributed by atoms with van der Waals surface area (Å²) in [5.41, 5.74) is 2.72. The number of hydrogen-bond acceptors (Lipinski definition) is 7. The van der Waals surface area contributed by atoms with Crippen molar-refractivity contribution in [3.63, 3.8) is 0 Å². The summed E-state index contributed by atoms with van der Waals surface area (Å²) >= 11 is 0. The van der Waals surface area contributed by atoms with Crippen molar-refractivity contribution in [3.8, 4) is 17.1 Å². The van der Waals surface area contributed by atoms with Crippen molar-refractivity contribution in [2.75, 3.05) is 57.9 Å². The molecule has 0 N–H and O–H groups in total. The molecule has 1 unspecified atom stereocenters. The van der Waals surface area contributed by atoms with Gasteiger partial charge >= 0.3 is 0 Å². The monoisotopic (exact) mass is 458 g/mol. The fourth-order valence-electron chi connectivity index (χ4n) is 4.65. The number of para-hydroxylation sites is 1. The number of halogens is 1. The minimum Gasteiger partial charge on any atom is -0.496 e. The molecule has 3 aromatic rings. The molecule has 1 aromatic carbocycles. The number of aromatic nitrogens is 4. The Balaban J connectivity index is 0.00000245. The van der Waals surface area contributed by atoms with Gasteiger partial charge in [-0.2, -0.15) is 0 Å². The van der Waals surface area contributed by atoms with E-state index in [1.807, 2.05) is 25.1 Å². The van der Waals surface area contributed by atoms with Crippen molar-refractivity contribution in [2.45, 2.75) is 26.3 Å². The second-order valence-corrected chi connectivity index (χ2v) is 8.21. The van der Waals surface area contributed by atoms with Crippen molar-refractivity contribution in [1.29, 1.82) is 0 Å². The molecule has 2 aromatic heterocycles. The van der Waals surface area contributed by atoms with Gasteiger partial charge in [0.1, 0.15) is 17.4 Å². The first kappa shape index (κ1) is 22.8. The van der Waals surface area contributed by atoms with Crippen LogP contribution in [0.4, 0.5) is 5.82 Å². The number of benzene rings is 1. The van der Waals surface area contributed by atoms with E-state index >= 15 is 0 Å². The highest BCUT2D eigenvalue weighted by Gasteiger charge is 2.29. The topological polar surface area (TPSA) is 68.5 Å². The van der Waals surface area contributed by atoms with Gasteiger partial charge in [-0.05, 0) is 32.0 Å². The lowest BCUT2D eigenvalue weighted by Crippen LogP contribution is -2.46. The van der Waals surface area contributed by atoms with E-state index in [1.54, 1.807) is 7.11 Å². The zero-order chi connectivity index (χ0) is 21.4. The van der Waals surface area contributed by atoms with Gasteiger partial charge in [0, 0.05) is 32.8 Å². The summed E-state index contributed by atoms with van der Waals surface area (Å²) in [7, 11) is 1.70. The molecule has 0 bridgehead atoms. The van der Waals surface area contributed by atoms with Gasteiger partial charge in [0.2, 0.25) is 0 Å². The molecule has 32 heavy (non-hydrogen) atoms. The molecule has 8 nitrogen and oxygen atoms in total. The molecule has 0 saturated carbocycles. The molecular weight excluding hydrogens is 428 g/mol. The van der Waals surface area contributed by atoms with E-state index in [9.17, 15) is 0 Å². The fraction of sp³-hybridized carbons (Fsp3) is 0.522. The molecule has 2 fully saturated rings. The van der Waals surface area contributed by atoms with Crippen LogP contribution >= 0.6 is 12.4 Å². The molecule has 172 valence electrons. The van der Waals surface area contributed by atoms with E-state index in [0.717, 1.165) is 85.7 Å². The van der Waals surface area contributed by atoms with Gasteiger partial charge in [-0.1, -0.05) is 19.1 Å². The summed E-state index contributed by atoms with van der Waals surface area (Å²) < 4.78 is 13.7. The van der Waals surface area contributed by atoms with E-state index in [0.29, 0.717) is 6.61 Å². The van der Waals surface area contributed by atoms with E-state index in [-0.39, 0.29) is 18.4 Å². The average molecular weight is 459 g/mol. The number of methoxy groups -OCH3 is 1. The van der Waals surface area contributed by atoms with Crippen LogP contribution in [0.1, 0.15) is 25.2 Å². The zero-order valence-electron chi connectivity index (χ0n) is 19.0. The van der Waals surface area contributed by atoms with Gasteiger partial charge in [-0.25, -0.2) is 15.0 Å². The Kier molecular flexibility index (Phi) is 6.83. The zero-order valence-corrected chi connectivity index (χ0v) is 19.8. The van der Waals surface area contributed by atoms with Crippen LogP contribution in [-0.4, -0.2) is 77.5 Å². The number of ether oxygens (including phenoxy) is 2. The summed E-state index contributed by atoms with van der Waals surface area (Å²) in [5.74, 6) is 3.39. The van der Waals surface area contributed by atoms with Gasteiger partial charge in [0.25, 0.3) is 0 Å². The Morgan fingerprint density at radius 3 is 2.56 bits per heavy atom. The second-order valence-electron chi connectivity index (χ2n) is 8.21. The normalized spacial score (nSPS) is 19.3. The molecule has 4 heterocycles.